The molecule has 5 nitrogen and oxygen atoms in total. The SMILES string of the molecule is CN=C(NCCCCSC)NCc1ccnc(OC2CCCCC2)c1.I. The molecule has 1 aliphatic carbocycles. The number of hydrogen-bond donors (Lipinski definition) is 2. The molecule has 148 valence electrons. The lowest BCUT2D eigenvalue weighted by Crippen LogP contribution is -2.37. The van der Waals surface area contributed by atoms with Crippen molar-refractivity contribution in [2.45, 2.75) is 57.6 Å². The Balaban J connectivity index is 0.00000338. The van der Waals surface area contributed by atoms with E-state index in [-0.39, 0.29) is 24.0 Å². The molecule has 1 aromatic heterocycles. The van der Waals surface area contributed by atoms with Crippen LogP contribution in [0.3, 0.4) is 0 Å². The molecule has 0 atom stereocenters. The molecule has 7 heteroatoms. The highest BCUT2D eigenvalue weighted by Gasteiger charge is 2.15. The second kappa shape index (κ2) is 14.4. The van der Waals surface area contributed by atoms with Crippen molar-refractivity contribution in [1.29, 1.82) is 0 Å². The second-order valence-corrected chi connectivity index (χ2v) is 7.42. The van der Waals surface area contributed by atoms with Gasteiger partial charge in [0.05, 0.1) is 0 Å². The number of nitrogens with one attached hydrogen (secondary N) is 2. The highest BCUT2D eigenvalue weighted by Crippen LogP contribution is 2.22. The van der Waals surface area contributed by atoms with Gasteiger partial charge in [-0.05, 0) is 62.2 Å². The van der Waals surface area contributed by atoms with Crippen LogP contribution in [-0.4, -0.2) is 42.6 Å². The molecule has 1 aromatic rings. The van der Waals surface area contributed by atoms with Gasteiger partial charge in [-0.15, -0.1) is 24.0 Å². The highest BCUT2D eigenvalue weighted by atomic mass is 127. The van der Waals surface area contributed by atoms with Crippen LogP contribution in [0.15, 0.2) is 23.3 Å². The Labute approximate surface area is 179 Å². The molecule has 1 saturated carbocycles. The number of rotatable bonds is 9. The molecule has 26 heavy (non-hydrogen) atoms. The van der Waals surface area contributed by atoms with Gasteiger partial charge in [0.25, 0.3) is 0 Å². The first-order chi connectivity index (χ1) is 12.3. The highest BCUT2D eigenvalue weighted by molar-refractivity contribution is 14.0. The van der Waals surface area contributed by atoms with Gasteiger partial charge in [0.15, 0.2) is 5.96 Å². The minimum atomic E-state index is 0. The Morgan fingerprint density at radius 3 is 2.81 bits per heavy atom. The monoisotopic (exact) mass is 492 g/mol. The normalized spacial score (nSPS) is 15.2. The van der Waals surface area contributed by atoms with Crippen LogP contribution in [0.5, 0.6) is 5.88 Å². The summed E-state index contributed by atoms with van der Waals surface area (Å²) in [6.45, 7) is 1.67. The standard InChI is InChI=1S/C19H32N4OS.HI/c1-20-19(22-11-6-7-13-25-2)23-15-16-10-12-21-18(14-16)24-17-8-4-3-5-9-17;/h10,12,14,17H,3-9,11,13,15H2,1-2H3,(H2,20,22,23);1H. The van der Waals surface area contributed by atoms with Crippen LogP contribution in [0.25, 0.3) is 0 Å². The van der Waals surface area contributed by atoms with Crippen molar-refractivity contribution >= 4 is 41.7 Å². The average molecular weight is 492 g/mol. The predicted molar refractivity (Wildman–Crippen MR) is 123 cm³/mol. The summed E-state index contributed by atoms with van der Waals surface area (Å²) in [5, 5.41) is 6.72. The first-order valence-electron chi connectivity index (χ1n) is 9.37. The van der Waals surface area contributed by atoms with Crippen molar-refractivity contribution in [2.75, 3.05) is 25.6 Å². The Morgan fingerprint density at radius 2 is 2.08 bits per heavy atom. The zero-order valence-corrected chi connectivity index (χ0v) is 19.1. The van der Waals surface area contributed by atoms with Gasteiger partial charge in [-0.1, -0.05) is 6.42 Å². The lowest BCUT2D eigenvalue weighted by Gasteiger charge is -2.22. The van der Waals surface area contributed by atoms with Gasteiger partial charge >= 0.3 is 0 Å². The van der Waals surface area contributed by atoms with Gasteiger partial charge in [0.1, 0.15) is 6.10 Å². The van der Waals surface area contributed by atoms with Crippen molar-refractivity contribution < 1.29 is 4.74 Å². The number of halogens is 1. The molecule has 1 aliphatic rings. The molecule has 0 aromatic carbocycles. The number of guanidine groups is 1. The lowest BCUT2D eigenvalue weighted by atomic mass is 9.98. The number of aromatic nitrogens is 1. The van der Waals surface area contributed by atoms with Crippen LogP contribution in [0.4, 0.5) is 0 Å². The molecule has 2 N–H and O–H groups in total. The maximum Gasteiger partial charge on any atom is 0.213 e. The molecule has 0 spiro atoms. The van der Waals surface area contributed by atoms with Crippen LogP contribution in [0.1, 0.15) is 50.5 Å². The van der Waals surface area contributed by atoms with Crippen molar-refractivity contribution in [3.05, 3.63) is 23.9 Å². The fourth-order valence-electron chi connectivity index (χ4n) is 2.96. The van der Waals surface area contributed by atoms with Crippen molar-refractivity contribution in [3.63, 3.8) is 0 Å². The number of thioether (sulfide) groups is 1. The number of pyridine rings is 1. The van der Waals surface area contributed by atoms with E-state index in [1.807, 2.05) is 30.1 Å². The minimum Gasteiger partial charge on any atom is -0.474 e. The summed E-state index contributed by atoms with van der Waals surface area (Å²) in [5.74, 6) is 2.80. The largest absolute Gasteiger partial charge is 0.474 e. The quantitative estimate of drug-likeness (QED) is 0.234. The van der Waals surface area contributed by atoms with Crippen LogP contribution in [0.2, 0.25) is 0 Å². The number of aliphatic imine (C=N–C) groups is 1. The molecular formula is C19H33IN4OS. The fourth-order valence-corrected chi connectivity index (χ4v) is 3.46. The first kappa shape index (κ1) is 23.3. The number of hydrogen-bond acceptors (Lipinski definition) is 4. The van der Waals surface area contributed by atoms with Crippen LogP contribution >= 0.6 is 35.7 Å². The molecule has 1 heterocycles. The van der Waals surface area contributed by atoms with E-state index >= 15 is 0 Å². The van der Waals surface area contributed by atoms with E-state index < -0.39 is 0 Å². The summed E-state index contributed by atoms with van der Waals surface area (Å²) in [5.41, 5.74) is 1.16. The maximum atomic E-state index is 6.04. The number of unbranched alkanes of at least 4 members (excludes halogenated alkanes) is 1. The summed E-state index contributed by atoms with van der Waals surface area (Å²) >= 11 is 1.90. The Hall–Kier alpha value is -0.700. The number of nitrogens with zero attached hydrogens (tertiary/aromatic N) is 2. The summed E-state index contributed by atoms with van der Waals surface area (Å²) in [6.07, 6.45) is 12.9. The van der Waals surface area contributed by atoms with Crippen LogP contribution < -0.4 is 15.4 Å². The van der Waals surface area contributed by atoms with E-state index in [1.165, 1.54) is 31.4 Å². The first-order valence-corrected chi connectivity index (χ1v) is 10.8. The molecule has 0 unspecified atom stereocenters. The maximum absolute atomic E-state index is 6.04. The van der Waals surface area contributed by atoms with Crippen molar-refractivity contribution in [3.8, 4) is 5.88 Å². The third kappa shape index (κ3) is 9.30. The lowest BCUT2D eigenvalue weighted by molar-refractivity contribution is 0.148. The smallest absolute Gasteiger partial charge is 0.213 e. The third-order valence-corrected chi connectivity index (χ3v) is 5.09. The van der Waals surface area contributed by atoms with E-state index in [0.717, 1.165) is 43.2 Å². The van der Waals surface area contributed by atoms with Gasteiger partial charge < -0.3 is 15.4 Å². The Kier molecular flexibility index (Phi) is 12.9. The summed E-state index contributed by atoms with van der Waals surface area (Å²) in [7, 11) is 1.81. The van der Waals surface area contributed by atoms with E-state index in [9.17, 15) is 0 Å². The molecule has 2 rings (SSSR count). The topological polar surface area (TPSA) is 58.5 Å². The van der Waals surface area contributed by atoms with E-state index in [1.54, 1.807) is 7.05 Å². The summed E-state index contributed by atoms with van der Waals surface area (Å²) in [6, 6.07) is 4.06. The van der Waals surface area contributed by atoms with Gasteiger partial charge in [-0.2, -0.15) is 11.8 Å². The van der Waals surface area contributed by atoms with Gasteiger partial charge in [-0.25, -0.2) is 4.98 Å². The van der Waals surface area contributed by atoms with Gasteiger partial charge in [0.2, 0.25) is 5.88 Å². The van der Waals surface area contributed by atoms with Gasteiger partial charge in [-0.3, -0.25) is 4.99 Å². The molecule has 0 amide bonds. The zero-order valence-electron chi connectivity index (χ0n) is 16.0. The zero-order chi connectivity index (χ0) is 17.7. The summed E-state index contributed by atoms with van der Waals surface area (Å²) < 4.78 is 6.04. The fraction of sp³-hybridized carbons (Fsp3) is 0.684. The van der Waals surface area contributed by atoms with E-state index in [4.69, 9.17) is 4.74 Å². The molecule has 0 bridgehead atoms. The van der Waals surface area contributed by atoms with Crippen LogP contribution in [-0.2, 0) is 6.54 Å². The van der Waals surface area contributed by atoms with E-state index in [2.05, 4.69) is 26.9 Å². The Bertz CT molecular complexity index is 524. The minimum absolute atomic E-state index is 0. The molecular weight excluding hydrogens is 459 g/mol. The molecule has 0 radical (unpaired) electrons. The Morgan fingerprint density at radius 1 is 1.27 bits per heavy atom. The predicted octanol–water partition coefficient (Wildman–Crippen LogP) is 4.22. The molecule has 0 saturated heterocycles. The second-order valence-electron chi connectivity index (χ2n) is 6.43. The average Bonchev–Trinajstić information content (AvgIpc) is 2.65. The van der Waals surface area contributed by atoms with Gasteiger partial charge in [0, 0.05) is 32.4 Å². The van der Waals surface area contributed by atoms with E-state index in [0.29, 0.717) is 12.6 Å². The third-order valence-electron chi connectivity index (χ3n) is 4.39. The van der Waals surface area contributed by atoms with Crippen molar-refractivity contribution in [2.24, 2.45) is 4.99 Å². The van der Waals surface area contributed by atoms with Crippen LogP contribution in [0, 0.1) is 0 Å². The van der Waals surface area contributed by atoms with Crippen molar-refractivity contribution in [1.82, 2.24) is 15.6 Å². The number of ether oxygens (including phenoxy) is 1. The molecule has 0 aliphatic heterocycles. The molecule has 1 fully saturated rings. The summed E-state index contributed by atoms with van der Waals surface area (Å²) in [4.78, 5) is 8.64.